The van der Waals surface area contributed by atoms with Crippen molar-refractivity contribution in [3.05, 3.63) is 41.5 Å². The third kappa shape index (κ3) is 6.48. The number of ether oxygens (including phenoxy) is 1. The standard InChI is InChI=1S/C19H25F2N5O4S2/c1-12-9-26(7-6-22-12)32(28,29)25-16-8-17(30-13(2)10-27)24-19(23-16)31-11-14-4-3-5-15(20)18(14)21/h3-5,8,12-13,22,27H,6-7,9-11H2,1-2H3,(H,23,24,25)/t12-,13?/m0/s1. The molecule has 0 spiro atoms. The molecule has 1 aliphatic heterocycles. The molecule has 0 amide bonds. The Kier molecular flexibility index (Phi) is 8.22. The number of benzene rings is 1. The van der Waals surface area contributed by atoms with Gasteiger partial charge in [-0.2, -0.15) is 17.7 Å². The molecule has 1 saturated heterocycles. The molecule has 3 N–H and O–H groups in total. The summed E-state index contributed by atoms with van der Waals surface area (Å²) in [5, 5.41) is 12.5. The summed E-state index contributed by atoms with van der Waals surface area (Å²) in [6, 6.07) is 5.17. The lowest BCUT2D eigenvalue weighted by atomic mass is 10.2. The van der Waals surface area contributed by atoms with E-state index < -0.39 is 27.9 Å². The average Bonchev–Trinajstić information content (AvgIpc) is 2.74. The van der Waals surface area contributed by atoms with Gasteiger partial charge in [0.25, 0.3) is 0 Å². The molecule has 2 heterocycles. The number of nitrogens with zero attached hydrogens (tertiary/aromatic N) is 3. The predicted molar refractivity (Wildman–Crippen MR) is 117 cm³/mol. The number of aliphatic hydroxyl groups is 1. The third-order valence-electron chi connectivity index (χ3n) is 4.55. The quantitative estimate of drug-likeness (QED) is 0.360. The van der Waals surface area contributed by atoms with E-state index in [1.807, 2.05) is 6.92 Å². The van der Waals surface area contributed by atoms with E-state index in [2.05, 4.69) is 20.0 Å². The maximum absolute atomic E-state index is 14.0. The van der Waals surface area contributed by atoms with Gasteiger partial charge in [-0.1, -0.05) is 23.9 Å². The Morgan fingerprint density at radius 3 is 2.91 bits per heavy atom. The number of rotatable bonds is 9. The van der Waals surface area contributed by atoms with Crippen molar-refractivity contribution in [3.8, 4) is 5.88 Å². The normalized spacial score (nSPS) is 18.3. The Bertz CT molecular complexity index is 1040. The monoisotopic (exact) mass is 489 g/mol. The summed E-state index contributed by atoms with van der Waals surface area (Å²) in [6.07, 6.45) is -0.595. The topological polar surface area (TPSA) is 117 Å². The fourth-order valence-electron chi connectivity index (χ4n) is 2.94. The van der Waals surface area contributed by atoms with Crippen molar-refractivity contribution in [3.63, 3.8) is 0 Å². The summed E-state index contributed by atoms with van der Waals surface area (Å²) < 4.78 is 62.3. The fourth-order valence-corrected chi connectivity index (χ4v) is 5.01. The molecule has 0 bridgehead atoms. The van der Waals surface area contributed by atoms with Gasteiger partial charge in [0.15, 0.2) is 16.8 Å². The van der Waals surface area contributed by atoms with Crippen molar-refractivity contribution in [2.45, 2.75) is 36.9 Å². The number of nitrogens with one attached hydrogen (secondary N) is 2. The number of aliphatic hydroxyl groups excluding tert-OH is 1. The van der Waals surface area contributed by atoms with Crippen LogP contribution in [0.25, 0.3) is 0 Å². The van der Waals surface area contributed by atoms with E-state index >= 15 is 0 Å². The Labute approximate surface area is 189 Å². The van der Waals surface area contributed by atoms with Crippen LogP contribution in [0, 0.1) is 11.6 Å². The Morgan fingerprint density at radius 2 is 2.19 bits per heavy atom. The number of halogens is 2. The van der Waals surface area contributed by atoms with Gasteiger partial charge in [0.05, 0.1) is 6.61 Å². The summed E-state index contributed by atoms with van der Waals surface area (Å²) >= 11 is 0.992. The molecule has 0 aliphatic carbocycles. The lowest BCUT2D eigenvalue weighted by Crippen LogP contribution is -2.52. The number of hydrogen-bond acceptors (Lipinski definition) is 8. The zero-order valence-electron chi connectivity index (χ0n) is 17.6. The van der Waals surface area contributed by atoms with Crippen LogP contribution in [-0.4, -0.2) is 66.2 Å². The molecule has 1 unspecified atom stereocenters. The van der Waals surface area contributed by atoms with Crippen molar-refractivity contribution < 1.29 is 27.0 Å². The number of aromatic nitrogens is 2. The van der Waals surface area contributed by atoms with E-state index in [0.717, 1.165) is 17.8 Å². The van der Waals surface area contributed by atoms with Gasteiger partial charge in [0.2, 0.25) is 5.88 Å². The van der Waals surface area contributed by atoms with Gasteiger partial charge in [-0.25, -0.2) is 13.8 Å². The molecule has 1 aromatic carbocycles. The third-order valence-corrected chi connectivity index (χ3v) is 6.93. The van der Waals surface area contributed by atoms with Gasteiger partial charge in [-0.05, 0) is 19.9 Å². The zero-order valence-corrected chi connectivity index (χ0v) is 19.2. The van der Waals surface area contributed by atoms with Crippen LogP contribution < -0.4 is 14.8 Å². The average molecular weight is 490 g/mol. The van der Waals surface area contributed by atoms with Crippen LogP contribution in [0.1, 0.15) is 19.4 Å². The molecule has 13 heteroatoms. The number of thioether (sulfide) groups is 1. The smallest absolute Gasteiger partial charge is 0.302 e. The van der Waals surface area contributed by atoms with Crippen molar-refractivity contribution in [1.29, 1.82) is 0 Å². The molecule has 0 saturated carbocycles. The fraction of sp³-hybridized carbons (Fsp3) is 0.474. The molecule has 0 radical (unpaired) electrons. The summed E-state index contributed by atoms with van der Waals surface area (Å²) in [7, 11) is -3.89. The van der Waals surface area contributed by atoms with Crippen LogP contribution in [0.5, 0.6) is 5.88 Å². The second kappa shape index (κ2) is 10.7. The van der Waals surface area contributed by atoms with Crippen LogP contribution in [0.3, 0.4) is 0 Å². The number of piperazine rings is 1. The van der Waals surface area contributed by atoms with Crippen molar-refractivity contribution in [2.75, 3.05) is 31.0 Å². The summed E-state index contributed by atoms with van der Waals surface area (Å²) in [5.41, 5.74) is 0.116. The second-order valence-electron chi connectivity index (χ2n) is 7.31. The van der Waals surface area contributed by atoms with Crippen molar-refractivity contribution in [2.24, 2.45) is 0 Å². The maximum Gasteiger partial charge on any atom is 0.302 e. The molecule has 9 nitrogen and oxygen atoms in total. The van der Waals surface area contributed by atoms with Gasteiger partial charge in [-0.15, -0.1) is 0 Å². The van der Waals surface area contributed by atoms with E-state index in [-0.39, 0.29) is 40.8 Å². The molecular weight excluding hydrogens is 464 g/mol. The highest BCUT2D eigenvalue weighted by Gasteiger charge is 2.27. The van der Waals surface area contributed by atoms with E-state index in [0.29, 0.717) is 19.6 Å². The van der Waals surface area contributed by atoms with E-state index in [1.54, 1.807) is 6.92 Å². The van der Waals surface area contributed by atoms with Crippen LogP contribution in [0.2, 0.25) is 0 Å². The van der Waals surface area contributed by atoms with Crippen LogP contribution >= 0.6 is 11.8 Å². The highest BCUT2D eigenvalue weighted by atomic mass is 32.2. The van der Waals surface area contributed by atoms with Gasteiger partial charge < -0.3 is 15.2 Å². The van der Waals surface area contributed by atoms with E-state index in [4.69, 9.17) is 4.74 Å². The summed E-state index contributed by atoms with van der Waals surface area (Å²) in [5.74, 6) is -1.90. The highest BCUT2D eigenvalue weighted by Crippen LogP contribution is 2.26. The largest absolute Gasteiger partial charge is 0.472 e. The van der Waals surface area contributed by atoms with Gasteiger partial charge in [0.1, 0.15) is 11.9 Å². The SMILES string of the molecule is CC(CO)Oc1cc(NS(=O)(=O)N2CCN[C@@H](C)C2)nc(SCc2cccc(F)c2F)n1. The first-order valence-corrected chi connectivity index (χ1v) is 12.3. The van der Waals surface area contributed by atoms with E-state index in [9.17, 15) is 22.3 Å². The molecule has 176 valence electrons. The molecule has 1 aliphatic rings. The Hall–Kier alpha value is -2.06. The lowest BCUT2D eigenvalue weighted by Gasteiger charge is -2.30. The van der Waals surface area contributed by atoms with Crippen LogP contribution in [0.15, 0.2) is 29.4 Å². The first-order chi connectivity index (χ1) is 15.2. The second-order valence-corrected chi connectivity index (χ2v) is 9.92. The summed E-state index contributed by atoms with van der Waals surface area (Å²) in [6.45, 7) is 4.34. The van der Waals surface area contributed by atoms with Crippen LogP contribution in [0.4, 0.5) is 14.6 Å². The molecule has 1 fully saturated rings. The minimum atomic E-state index is -3.89. The van der Waals surface area contributed by atoms with Crippen molar-refractivity contribution in [1.82, 2.24) is 19.6 Å². The summed E-state index contributed by atoms with van der Waals surface area (Å²) in [4.78, 5) is 8.38. The first-order valence-electron chi connectivity index (χ1n) is 9.91. The predicted octanol–water partition coefficient (Wildman–Crippen LogP) is 1.76. The van der Waals surface area contributed by atoms with Crippen molar-refractivity contribution >= 4 is 27.8 Å². The van der Waals surface area contributed by atoms with Gasteiger partial charge >= 0.3 is 10.2 Å². The van der Waals surface area contributed by atoms with E-state index in [1.165, 1.54) is 22.5 Å². The minimum Gasteiger partial charge on any atom is -0.472 e. The minimum absolute atomic E-state index is 0.00213. The maximum atomic E-state index is 14.0. The Morgan fingerprint density at radius 1 is 1.41 bits per heavy atom. The molecule has 2 atom stereocenters. The number of anilines is 1. The molecular formula is C19H25F2N5O4S2. The highest BCUT2D eigenvalue weighted by molar-refractivity contribution is 7.98. The zero-order chi connectivity index (χ0) is 23.3. The molecule has 2 aromatic rings. The Balaban J connectivity index is 1.83. The molecule has 3 rings (SSSR count). The number of hydrogen-bond donors (Lipinski definition) is 3. The molecule has 1 aromatic heterocycles. The lowest BCUT2D eigenvalue weighted by molar-refractivity contribution is 0.124. The first kappa shape index (κ1) is 24.6. The van der Waals surface area contributed by atoms with Crippen LogP contribution in [-0.2, 0) is 16.0 Å². The molecule has 32 heavy (non-hydrogen) atoms. The van der Waals surface area contributed by atoms with Gasteiger partial charge in [0, 0.05) is 43.1 Å². The van der Waals surface area contributed by atoms with Gasteiger partial charge in [-0.3, -0.25) is 4.72 Å².